The minimum Gasteiger partial charge on any atom is -0.454 e. The van der Waals surface area contributed by atoms with Crippen molar-refractivity contribution in [2.24, 2.45) is 11.8 Å². The first-order valence-electron chi connectivity index (χ1n) is 8.63. The van der Waals surface area contributed by atoms with E-state index >= 15 is 0 Å². The summed E-state index contributed by atoms with van der Waals surface area (Å²) >= 11 is 0. The Morgan fingerprint density at radius 3 is 2.52 bits per heavy atom. The molecule has 0 saturated carbocycles. The lowest BCUT2D eigenvalue weighted by Gasteiger charge is -2.34. The van der Waals surface area contributed by atoms with Gasteiger partial charge in [0.25, 0.3) is 11.8 Å². The number of rotatable bonds is 5. The number of esters is 1. The molecule has 136 valence electrons. The van der Waals surface area contributed by atoms with E-state index in [0.29, 0.717) is 30.5 Å². The molecule has 6 nitrogen and oxygen atoms in total. The van der Waals surface area contributed by atoms with E-state index in [1.807, 2.05) is 13.0 Å². The van der Waals surface area contributed by atoms with Crippen molar-refractivity contribution in [1.29, 1.82) is 0 Å². The second-order valence-electron chi connectivity index (χ2n) is 6.96. The van der Waals surface area contributed by atoms with Crippen molar-refractivity contribution < 1.29 is 19.1 Å². The molecule has 1 aliphatic heterocycles. The van der Waals surface area contributed by atoms with Gasteiger partial charge in [-0.3, -0.25) is 14.4 Å². The molecule has 1 heterocycles. The lowest BCUT2D eigenvalue weighted by molar-refractivity contribution is -0.152. The Morgan fingerprint density at radius 1 is 1.20 bits per heavy atom. The summed E-state index contributed by atoms with van der Waals surface area (Å²) in [5.74, 6) is -0.232. The van der Waals surface area contributed by atoms with Gasteiger partial charge in [-0.25, -0.2) is 0 Å². The molecule has 2 rings (SSSR count). The Kier molecular flexibility index (Phi) is 6.56. The van der Waals surface area contributed by atoms with Crippen molar-refractivity contribution in [2.45, 2.75) is 27.2 Å². The van der Waals surface area contributed by atoms with Crippen LogP contribution in [-0.2, 0) is 14.3 Å². The Balaban J connectivity index is 1.73. The molecule has 2 amide bonds. The number of amides is 2. The SMILES string of the molecule is Cc1cccc(C(=O)NCC(=O)OCC(=O)N2C[C@H](C)C[C@@H](C)C2)c1. The molecule has 0 spiro atoms. The number of benzene rings is 1. The van der Waals surface area contributed by atoms with Crippen LogP contribution in [-0.4, -0.2) is 48.9 Å². The molecule has 1 N–H and O–H groups in total. The quantitative estimate of drug-likeness (QED) is 0.825. The number of likely N-dealkylation sites (tertiary alicyclic amines) is 1. The zero-order chi connectivity index (χ0) is 18.4. The Bertz CT molecular complexity index is 634. The Labute approximate surface area is 148 Å². The van der Waals surface area contributed by atoms with E-state index in [2.05, 4.69) is 19.2 Å². The van der Waals surface area contributed by atoms with E-state index in [-0.39, 0.29) is 25.0 Å². The summed E-state index contributed by atoms with van der Waals surface area (Å²) in [6.45, 7) is 6.98. The van der Waals surface area contributed by atoms with Crippen LogP contribution in [0.3, 0.4) is 0 Å². The monoisotopic (exact) mass is 346 g/mol. The third-order valence-corrected chi connectivity index (χ3v) is 4.25. The van der Waals surface area contributed by atoms with E-state index in [4.69, 9.17) is 4.74 Å². The zero-order valence-corrected chi connectivity index (χ0v) is 15.1. The first-order valence-corrected chi connectivity index (χ1v) is 8.63. The maximum Gasteiger partial charge on any atom is 0.325 e. The number of hydrogen-bond acceptors (Lipinski definition) is 4. The lowest BCUT2D eigenvalue weighted by atomic mass is 9.92. The van der Waals surface area contributed by atoms with Gasteiger partial charge in [-0.1, -0.05) is 31.5 Å². The Morgan fingerprint density at radius 2 is 1.88 bits per heavy atom. The molecule has 0 aliphatic carbocycles. The predicted octanol–water partition coefficient (Wildman–Crippen LogP) is 1.77. The summed E-state index contributed by atoms with van der Waals surface area (Å²) in [7, 11) is 0. The van der Waals surface area contributed by atoms with Crippen LogP contribution in [0.1, 0.15) is 36.2 Å². The standard InChI is InChI=1S/C19H26N2O4/c1-13-5-4-6-16(8-13)19(24)20-9-18(23)25-12-17(22)21-10-14(2)7-15(3)11-21/h4-6,8,14-15H,7,9-12H2,1-3H3,(H,20,24)/t14-,15-/m1/s1. The topological polar surface area (TPSA) is 75.7 Å². The van der Waals surface area contributed by atoms with Gasteiger partial charge in [0.15, 0.2) is 6.61 Å². The summed E-state index contributed by atoms with van der Waals surface area (Å²) in [6.07, 6.45) is 1.11. The molecular formula is C19H26N2O4. The van der Waals surface area contributed by atoms with Crippen molar-refractivity contribution in [1.82, 2.24) is 10.2 Å². The normalized spacial score (nSPS) is 20.0. The zero-order valence-electron chi connectivity index (χ0n) is 15.1. The maximum absolute atomic E-state index is 12.2. The van der Waals surface area contributed by atoms with Crippen molar-refractivity contribution in [2.75, 3.05) is 26.2 Å². The molecule has 1 aromatic carbocycles. The molecule has 1 aliphatic rings. The number of ether oxygens (including phenoxy) is 1. The third kappa shape index (κ3) is 5.89. The van der Waals surface area contributed by atoms with E-state index in [9.17, 15) is 14.4 Å². The molecule has 0 radical (unpaired) electrons. The van der Waals surface area contributed by atoms with E-state index in [1.54, 1.807) is 23.1 Å². The largest absolute Gasteiger partial charge is 0.454 e. The van der Waals surface area contributed by atoms with Crippen molar-refractivity contribution in [3.8, 4) is 0 Å². The highest BCUT2D eigenvalue weighted by molar-refractivity contribution is 5.96. The fourth-order valence-electron chi connectivity index (χ4n) is 3.19. The summed E-state index contributed by atoms with van der Waals surface area (Å²) in [5, 5.41) is 2.50. The van der Waals surface area contributed by atoms with E-state index < -0.39 is 5.97 Å². The number of nitrogens with one attached hydrogen (secondary N) is 1. The van der Waals surface area contributed by atoms with Crippen LogP contribution in [0.15, 0.2) is 24.3 Å². The van der Waals surface area contributed by atoms with Crippen LogP contribution in [0.25, 0.3) is 0 Å². The Hall–Kier alpha value is -2.37. The molecule has 0 bridgehead atoms. The molecule has 25 heavy (non-hydrogen) atoms. The lowest BCUT2D eigenvalue weighted by Crippen LogP contribution is -2.44. The van der Waals surface area contributed by atoms with Crippen LogP contribution in [0.2, 0.25) is 0 Å². The van der Waals surface area contributed by atoms with Crippen molar-refractivity contribution in [3.63, 3.8) is 0 Å². The number of aryl methyl sites for hydroxylation is 1. The van der Waals surface area contributed by atoms with Gasteiger partial charge in [0.1, 0.15) is 6.54 Å². The van der Waals surface area contributed by atoms with Gasteiger partial charge in [-0.15, -0.1) is 0 Å². The van der Waals surface area contributed by atoms with Crippen LogP contribution < -0.4 is 5.32 Å². The minimum atomic E-state index is -0.618. The third-order valence-electron chi connectivity index (χ3n) is 4.25. The summed E-state index contributed by atoms with van der Waals surface area (Å²) < 4.78 is 4.99. The van der Waals surface area contributed by atoms with Gasteiger partial charge in [-0.05, 0) is 37.3 Å². The van der Waals surface area contributed by atoms with Gasteiger partial charge in [-0.2, -0.15) is 0 Å². The van der Waals surface area contributed by atoms with Gasteiger partial charge in [0.2, 0.25) is 0 Å². The second kappa shape index (κ2) is 8.65. The summed E-state index contributed by atoms with van der Waals surface area (Å²) in [4.78, 5) is 37.6. The highest BCUT2D eigenvalue weighted by atomic mass is 16.5. The summed E-state index contributed by atoms with van der Waals surface area (Å²) in [6, 6.07) is 7.08. The molecule has 1 fully saturated rings. The highest BCUT2D eigenvalue weighted by Gasteiger charge is 2.25. The fourth-order valence-corrected chi connectivity index (χ4v) is 3.19. The number of piperidine rings is 1. The number of carbonyl (C=O) groups excluding carboxylic acids is 3. The molecule has 1 aromatic rings. The minimum absolute atomic E-state index is 0.184. The second-order valence-corrected chi connectivity index (χ2v) is 6.96. The van der Waals surface area contributed by atoms with Crippen LogP contribution in [0.5, 0.6) is 0 Å². The number of carbonyl (C=O) groups is 3. The number of nitrogens with zero attached hydrogens (tertiary/aromatic N) is 1. The molecule has 1 saturated heterocycles. The fraction of sp³-hybridized carbons (Fsp3) is 0.526. The molecule has 0 unspecified atom stereocenters. The van der Waals surface area contributed by atoms with Gasteiger partial charge in [0.05, 0.1) is 0 Å². The predicted molar refractivity (Wildman–Crippen MR) is 94.0 cm³/mol. The molecule has 6 heteroatoms. The first kappa shape index (κ1) is 19.0. The van der Waals surface area contributed by atoms with Crippen LogP contribution >= 0.6 is 0 Å². The van der Waals surface area contributed by atoms with E-state index in [0.717, 1.165) is 12.0 Å². The number of hydrogen-bond donors (Lipinski definition) is 1. The average Bonchev–Trinajstić information content (AvgIpc) is 2.56. The van der Waals surface area contributed by atoms with E-state index in [1.165, 1.54) is 0 Å². The average molecular weight is 346 g/mol. The molecule has 0 aromatic heterocycles. The highest BCUT2D eigenvalue weighted by Crippen LogP contribution is 2.20. The van der Waals surface area contributed by atoms with Crippen LogP contribution in [0, 0.1) is 18.8 Å². The van der Waals surface area contributed by atoms with Gasteiger partial charge in [0, 0.05) is 18.7 Å². The van der Waals surface area contributed by atoms with Crippen molar-refractivity contribution in [3.05, 3.63) is 35.4 Å². The van der Waals surface area contributed by atoms with Gasteiger partial charge >= 0.3 is 5.97 Å². The van der Waals surface area contributed by atoms with Crippen molar-refractivity contribution >= 4 is 17.8 Å². The van der Waals surface area contributed by atoms with Gasteiger partial charge < -0.3 is 15.0 Å². The maximum atomic E-state index is 12.2. The van der Waals surface area contributed by atoms with Crippen LogP contribution in [0.4, 0.5) is 0 Å². The molecule has 2 atom stereocenters. The smallest absolute Gasteiger partial charge is 0.325 e. The summed E-state index contributed by atoms with van der Waals surface area (Å²) in [5.41, 5.74) is 1.45. The first-order chi connectivity index (χ1) is 11.8. The molecular weight excluding hydrogens is 320 g/mol.